The lowest BCUT2D eigenvalue weighted by Crippen LogP contribution is -2.50. The molecule has 0 bridgehead atoms. The average Bonchev–Trinajstić information content (AvgIpc) is 2.99. The molecule has 1 aromatic rings. The zero-order valence-corrected chi connectivity index (χ0v) is 16.0. The third-order valence-corrected chi connectivity index (χ3v) is 6.83. The Kier molecular flexibility index (Phi) is 5.41. The molecule has 1 aliphatic carbocycles. The van der Waals surface area contributed by atoms with Gasteiger partial charge in [-0.05, 0) is 62.9 Å². The minimum Gasteiger partial charge on any atom is -0.365 e. The van der Waals surface area contributed by atoms with E-state index in [1.807, 2.05) is 12.3 Å². The molecular formula is C20H27N3O2S. The highest BCUT2D eigenvalue weighted by molar-refractivity contribution is 7.14. The van der Waals surface area contributed by atoms with Crippen molar-refractivity contribution in [3.05, 3.63) is 33.7 Å². The Bertz CT molecular complexity index is 668. The highest BCUT2D eigenvalue weighted by Crippen LogP contribution is 2.29. The number of carbonyl (C=O) groups is 1. The number of hydrogen-bond donors (Lipinski definition) is 1. The molecule has 0 radical (unpaired) electrons. The van der Waals surface area contributed by atoms with Crippen molar-refractivity contribution in [2.75, 3.05) is 26.2 Å². The number of thiophene rings is 1. The zero-order chi connectivity index (χ0) is 17.8. The second-order valence-corrected chi connectivity index (χ2v) is 8.80. The van der Waals surface area contributed by atoms with Gasteiger partial charge in [0, 0.05) is 18.0 Å². The van der Waals surface area contributed by atoms with Gasteiger partial charge >= 0.3 is 0 Å². The van der Waals surface area contributed by atoms with Crippen LogP contribution in [0.15, 0.2) is 23.6 Å². The lowest BCUT2D eigenvalue weighted by atomic mass is 9.87. The first-order valence-electron chi connectivity index (χ1n) is 9.74. The normalized spacial score (nSPS) is 25.5. The van der Waals surface area contributed by atoms with Gasteiger partial charge in [0.25, 0.3) is 5.91 Å². The van der Waals surface area contributed by atoms with Crippen LogP contribution in [0.25, 0.3) is 0 Å². The molecule has 0 saturated carbocycles. The van der Waals surface area contributed by atoms with Gasteiger partial charge in [-0.1, -0.05) is 18.0 Å². The Morgan fingerprint density at radius 2 is 2.08 bits per heavy atom. The molecule has 1 aromatic heterocycles. The van der Waals surface area contributed by atoms with Crippen LogP contribution in [0.4, 0.5) is 0 Å². The van der Waals surface area contributed by atoms with Gasteiger partial charge in [0.2, 0.25) is 0 Å². The number of rotatable bonds is 5. The van der Waals surface area contributed by atoms with Gasteiger partial charge in [-0.25, -0.2) is 0 Å². The summed E-state index contributed by atoms with van der Waals surface area (Å²) in [5.41, 5.74) is 1.11. The Balaban J connectivity index is 1.42. The summed E-state index contributed by atoms with van der Waals surface area (Å²) in [6.07, 6.45) is 14.1. The van der Waals surface area contributed by atoms with E-state index in [1.165, 1.54) is 42.5 Å². The number of likely N-dealkylation sites (tertiary alicyclic amines) is 1. The number of aryl methyl sites for hydroxylation is 2. The molecular weight excluding hydrogens is 346 g/mol. The summed E-state index contributed by atoms with van der Waals surface area (Å²) in [4.78, 5) is 22.4. The van der Waals surface area contributed by atoms with Crippen LogP contribution in [0.5, 0.6) is 0 Å². The maximum Gasteiger partial charge on any atom is 0.261 e. The van der Waals surface area contributed by atoms with Gasteiger partial charge in [0.05, 0.1) is 16.5 Å². The van der Waals surface area contributed by atoms with Crippen molar-refractivity contribution < 1.29 is 9.63 Å². The van der Waals surface area contributed by atoms with Crippen LogP contribution >= 0.6 is 11.3 Å². The number of hydrogen-bond acceptors (Lipinski definition) is 5. The van der Waals surface area contributed by atoms with Gasteiger partial charge in [-0.2, -0.15) is 0 Å². The van der Waals surface area contributed by atoms with Crippen LogP contribution in [0, 0.1) is 5.41 Å². The standard InChI is InChI=1S/C20H27N3O2S/c24-19(18-12-16-6-3-1-2-4-7-17(16)26-18)21-13-20(8-11-25-22-14-20)15-23-9-5-10-23/h8,11-12,14H,1-7,9-10,13,15H2,(H,21,24). The van der Waals surface area contributed by atoms with Crippen molar-refractivity contribution in [2.24, 2.45) is 10.6 Å². The summed E-state index contributed by atoms with van der Waals surface area (Å²) < 4.78 is 0. The smallest absolute Gasteiger partial charge is 0.261 e. The second kappa shape index (κ2) is 7.92. The zero-order valence-electron chi connectivity index (χ0n) is 15.2. The van der Waals surface area contributed by atoms with E-state index in [-0.39, 0.29) is 11.3 Å². The molecule has 26 heavy (non-hydrogen) atoms. The van der Waals surface area contributed by atoms with Crippen LogP contribution < -0.4 is 5.32 Å². The number of carbonyl (C=O) groups excluding carboxylic acids is 1. The topological polar surface area (TPSA) is 53.9 Å². The summed E-state index contributed by atoms with van der Waals surface area (Å²) in [6.45, 7) is 3.66. The first-order valence-corrected chi connectivity index (χ1v) is 10.6. The van der Waals surface area contributed by atoms with E-state index in [1.54, 1.807) is 17.6 Å². The minimum absolute atomic E-state index is 0.0398. The molecule has 1 N–H and O–H groups in total. The van der Waals surface area contributed by atoms with E-state index in [2.05, 4.69) is 21.4 Å². The molecule has 1 fully saturated rings. The van der Waals surface area contributed by atoms with Crippen molar-refractivity contribution in [2.45, 2.75) is 44.9 Å². The Hall–Kier alpha value is -1.66. The lowest BCUT2D eigenvalue weighted by Gasteiger charge is -2.38. The van der Waals surface area contributed by atoms with E-state index in [0.717, 1.165) is 37.4 Å². The fraction of sp³-hybridized carbons (Fsp3) is 0.600. The van der Waals surface area contributed by atoms with Crippen molar-refractivity contribution in [3.8, 4) is 0 Å². The third kappa shape index (κ3) is 4.01. The van der Waals surface area contributed by atoms with Crippen LogP contribution in [0.2, 0.25) is 0 Å². The molecule has 3 aliphatic rings. The van der Waals surface area contributed by atoms with Gasteiger partial charge in [0.1, 0.15) is 6.26 Å². The van der Waals surface area contributed by atoms with Gasteiger partial charge in [-0.15, -0.1) is 11.3 Å². The summed E-state index contributed by atoms with van der Waals surface area (Å²) in [6, 6.07) is 2.12. The lowest BCUT2D eigenvalue weighted by molar-refractivity contribution is 0.0931. The molecule has 5 nitrogen and oxygen atoms in total. The van der Waals surface area contributed by atoms with Crippen molar-refractivity contribution in [1.29, 1.82) is 0 Å². The minimum atomic E-state index is -0.278. The van der Waals surface area contributed by atoms with Gasteiger partial charge in [0.15, 0.2) is 0 Å². The van der Waals surface area contributed by atoms with E-state index in [4.69, 9.17) is 4.84 Å². The largest absolute Gasteiger partial charge is 0.365 e. The molecule has 4 rings (SSSR count). The van der Waals surface area contributed by atoms with Crippen molar-refractivity contribution in [3.63, 3.8) is 0 Å². The molecule has 1 saturated heterocycles. The van der Waals surface area contributed by atoms with E-state index in [9.17, 15) is 4.79 Å². The first kappa shape index (κ1) is 17.7. The Morgan fingerprint density at radius 1 is 1.23 bits per heavy atom. The predicted molar refractivity (Wildman–Crippen MR) is 105 cm³/mol. The maximum atomic E-state index is 12.8. The number of oxime groups is 1. The molecule has 6 heteroatoms. The molecule has 1 unspecified atom stereocenters. The highest BCUT2D eigenvalue weighted by atomic mass is 32.1. The van der Waals surface area contributed by atoms with E-state index in [0.29, 0.717) is 6.54 Å². The maximum absolute atomic E-state index is 12.8. The van der Waals surface area contributed by atoms with E-state index >= 15 is 0 Å². The monoisotopic (exact) mass is 373 g/mol. The second-order valence-electron chi connectivity index (χ2n) is 7.66. The molecule has 1 atom stereocenters. The Morgan fingerprint density at radius 3 is 2.81 bits per heavy atom. The summed E-state index contributed by atoms with van der Waals surface area (Å²) >= 11 is 1.68. The summed E-state index contributed by atoms with van der Waals surface area (Å²) in [5.74, 6) is 0.0398. The third-order valence-electron chi connectivity index (χ3n) is 5.60. The van der Waals surface area contributed by atoms with Gasteiger partial charge < -0.3 is 15.1 Å². The number of amides is 1. The molecule has 140 valence electrons. The predicted octanol–water partition coefficient (Wildman–Crippen LogP) is 3.36. The van der Waals surface area contributed by atoms with Crippen LogP contribution in [-0.2, 0) is 17.7 Å². The first-order chi connectivity index (χ1) is 12.7. The van der Waals surface area contributed by atoms with Crippen LogP contribution in [-0.4, -0.2) is 43.2 Å². The molecule has 1 amide bonds. The average molecular weight is 374 g/mol. The number of fused-ring (bicyclic) bond motifs is 1. The fourth-order valence-electron chi connectivity index (χ4n) is 3.88. The fourth-order valence-corrected chi connectivity index (χ4v) is 5.05. The van der Waals surface area contributed by atoms with Crippen LogP contribution in [0.3, 0.4) is 0 Å². The SMILES string of the molecule is O=C(NCC1(CN2CCC2)C=CON=C1)c1cc2c(s1)CCCCCC2. The number of nitrogens with zero attached hydrogens (tertiary/aromatic N) is 2. The molecule has 2 aliphatic heterocycles. The molecule has 3 heterocycles. The molecule has 0 aromatic carbocycles. The van der Waals surface area contributed by atoms with Crippen molar-refractivity contribution >= 4 is 23.5 Å². The quantitative estimate of drug-likeness (QED) is 0.861. The highest BCUT2D eigenvalue weighted by Gasteiger charge is 2.33. The van der Waals surface area contributed by atoms with Gasteiger partial charge in [-0.3, -0.25) is 4.79 Å². The van der Waals surface area contributed by atoms with E-state index < -0.39 is 0 Å². The number of nitrogens with one attached hydrogen (secondary N) is 1. The molecule has 0 spiro atoms. The van der Waals surface area contributed by atoms with Crippen molar-refractivity contribution in [1.82, 2.24) is 10.2 Å². The summed E-state index contributed by atoms with van der Waals surface area (Å²) in [5, 5.41) is 7.13. The Labute approximate surface area is 159 Å². The van der Waals surface area contributed by atoms with Crippen LogP contribution in [0.1, 0.15) is 52.2 Å². The summed E-state index contributed by atoms with van der Waals surface area (Å²) in [7, 11) is 0.